The van der Waals surface area contributed by atoms with Gasteiger partial charge in [-0.1, -0.05) is 17.9 Å². The van der Waals surface area contributed by atoms with Crippen LogP contribution in [0.2, 0.25) is 0 Å². The summed E-state index contributed by atoms with van der Waals surface area (Å²) in [6.45, 7) is 4.75. The Balaban J connectivity index is 3.03. The monoisotopic (exact) mass is 216 g/mol. The van der Waals surface area contributed by atoms with E-state index in [-0.39, 0.29) is 5.91 Å². The van der Waals surface area contributed by atoms with Crippen LogP contribution < -0.4 is 11.1 Å². The van der Waals surface area contributed by atoms with Crippen LogP contribution >= 0.6 is 0 Å². The van der Waals surface area contributed by atoms with Gasteiger partial charge in [0.05, 0.1) is 6.54 Å². The highest BCUT2D eigenvalue weighted by Crippen LogP contribution is 2.10. The summed E-state index contributed by atoms with van der Waals surface area (Å²) in [5.74, 6) is 5.62. The number of aryl methyl sites for hydroxylation is 1. The molecular formula is C13H16N2O. The van der Waals surface area contributed by atoms with Crippen molar-refractivity contribution in [1.82, 2.24) is 5.32 Å². The van der Waals surface area contributed by atoms with E-state index in [9.17, 15) is 4.79 Å². The van der Waals surface area contributed by atoms with E-state index in [0.717, 1.165) is 11.1 Å². The highest BCUT2D eigenvalue weighted by atomic mass is 16.1. The maximum absolute atomic E-state index is 11.7. The van der Waals surface area contributed by atoms with Gasteiger partial charge in [-0.3, -0.25) is 4.79 Å². The minimum atomic E-state index is -0.0589. The third-order valence-corrected chi connectivity index (χ3v) is 2.15. The number of nitrogens with two attached hydrogens (primary N) is 1. The maximum atomic E-state index is 11.7. The van der Waals surface area contributed by atoms with E-state index in [4.69, 9.17) is 5.73 Å². The molecule has 0 saturated carbocycles. The molecule has 0 aromatic heterocycles. The van der Waals surface area contributed by atoms with Gasteiger partial charge in [-0.15, -0.1) is 0 Å². The van der Waals surface area contributed by atoms with Crippen LogP contribution in [0, 0.1) is 18.8 Å². The number of hydrogen-bond acceptors (Lipinski definition) is 2. The number of carbonyl (C=O) groups is 1. The number of hydrogen-bond donors (Lipinski definition) is 2. The molecule has 0 atom stereocenters. The Morgan fingerprint density at radius 1 is 1.50 bits per heavy atom. The molecule has 0 heterocycles. The molecule has 1 rings (SSSR count). The van der Waals surface area contributed by atoms with Crippen LogP contribution in [0.15, 0.2) is 18.2 Å². The molecule has 16 heavy (non-hydrogen) atoms. The van der Waals surface area contributed by atoms with Gasteiger partial charge in [-0.2, -0.15) is 0 Å². The Kier molecular flexibility index (Phi) is 4.56. The van der Waals surface area contributed by atoms with Crippen LogP contribution in [0.25, 0.3) is 0 Å². The molecule has 84 valence electrons. The molecule has 3 nitrogen and oxygen atoms in total. The van der Waals surface area contributed by atoms with Gasteiger partial charge < -0.3 is 11.1 Å². The first kappa shape index (κ1) is 12.3. The average Bonchev–Trinajstić information content (AvgIpc) is 2.28. The molecule has 0 aliphatic heterocycles. The van der Waals surface area contributed by atoms with Crippen molar-refractivity contribution in [3.05, 3.63) is 34.9 Å². The molecule has 0 spiro atoms. The van der Waals surface area contributed by atoms with Crippen LogP contribution in [-0.2, 0) is 0 Å². The summed E-state index contributed by atoms with van der Waals surface area (Å²) in [5, 5.41) is 2.77. The van der Waals surface area contributed by atoms with E-state index in [1.54, 1.807) is 6.07 Å². The summed E-state index contributed by atoms with van der Waals surface area (Å²) in [6, 6.07) is 5.58. The molecule has 0 aliphatic carbocycles. The first-order valence-corrected chi connectivity index (χ1v) is 5.26. The molecule has 3 heteroatoms. The van der Waals surface area contributed by atoms with Crippen LogP contribution in [0.5, 0.6) is 0 Å². The van der Waals surface area contributed by atoms with Gasteiger partial charge in [0.2, 0.25) is 0 Å². The lowest BCUT2D eigenvalue weighted by atomic mass is 10.0. The summed E-state index contributed by atoms with van der Waals surface area (Å²) >= 11 is 0. The summed E-state index contributed by atoms with van der Waals surface area (Å²) in [5.41, 5.74) is 7.74. The first-order chi connectivity index (χ1) is 7.69. The van der Waals surface area contributed by atoms with E-state index in [0.29, 0.717) is 18.7 Å². The van der Waals surface area contributed by atoms with Crippen molar-refractivity contribution in [2.75, 3.05) is 13.1 Å². The zero-order chi connectivity index (χ0) is 12.0. The molecular weight excluding hydrogens is 200 g/mol. The van der Waals surface area contributed by atoms with Gasteiger partial charge >= 0.3 is 0 Å². The molecule has 0 saturated heterocycles. The molecule has 1 aromatic rings. The SMILES string of the molecule is CCNC(=O)c1cc(C#CCN)ccc1C. The fourth-order valence-electron chi connectivity index (χ4n) is 1.35. The zero-order valence-electron chi connectivity index (χ0n) is 9.63. The topological polar surface area (TPSA) is 55.1 Å². The van der Waals surface area contributed by atoms with Crippen molar-refractivity contribution in [2.24, 2.45) is 5.73 Å². The van der Waals surface area contributed by atoms with Crippen LogP contribution in [0.4, 0.5) is 0 Å². The van der Waals surface area contributed by atoms with Crippen molar-refractivity contribution in [3.8, 4) is 11.8 Å². The third kappa shape index (κ3) is 3.11. The van der Waals surface area contributed by atoms with Gasteiger partial charge in [0.25, 0.3) is 5.91 Å². The lowest BCUT2D eigenvalue weighted by molar-refractivity contribution is 0.0955. The summed E-state index contributed by atoms with van der Waals surface area (Å²) < 4.78 is 0. The number of rotatable bonds is 2. The lowest BCUT2D eigenvalue weighted by Gasteiger charge is -2.06. The normalized spacial score (nSPS) is 9.19. The summed E-state index contributed by atoms with van der Waals surface area (Å²) in [4.78, 5) is 11.7. The second-order valence-electron chi connectivity index (χ2n) is 3.40. The van der Waals surface area contributed by atoms with E-state index < -0.39 is 0 Å². The smallest absolute Gasteiger partial charge is 0.251 e. The minimum Gasteiger partial charge on any atom is -0.352 e. The zero-order valence-corrected chi connectivity index (χ0v) is 9.63. The quantitative estimate of drug-likeness (QED) is 0.726. The van der Waals surface area contributed by atoms with Gasteiger partial charge in [-0.05, 0) is 31.5 Å². The Morgan fingerprint density at radius 2 is 2.25 bits per heavy atom. The fourth-order valence-corrected chi connectivity index (χ4v) is 1.35. The standard InChI is InChI=1S/C13H16N2O/c1-3-15-13(16)12-9-11(5-4-8-14)7-6-10(12)2/h6-7,9H,3,8,14H2,1-2H3,(H,15,16). The van der Waals surface area contributed by atoms with E-state index in [2.05, 4.69) is 17.2 Å². The Morgan fingerprint density at radius 3 is 2.88 bits per heavy atom. The van der Waals surface area contributed by atoms with Crippen molar-refractivity contribution >= 4 is 5.91 Å². The Bertz CT molecular complexity index is 441. The van der Waals surface area contributed by atoms with Crippen molar-refractivity contribution in [2.45, 2.75) is 13.8 Å². The molecule has 0 aliphatic rings. The number of benzene rings is 1. The predicted molar refractivity (Wildman–Crippen MR) is 65.1 cm³/mol. The van der Waals surface area contributed by atoms with Gasteiger partial charge in [-0.25, -0.2) is 0 Å². The van der Waals surface area contributed by atoms with Crippen molar-refractivity contribution in [3.63, 3.8) is 0 Å². The van der Waals surface area contributed by atoms with Crippen LogP contribution in [0.1, 0.15) is 28.4 Å². The van der Waals surface area contributed by atoms with E-state index >= 15 is 0 Å². The van der Waals surface area contributed by atoms with Gasteiger partial charge in [0.15, 0.2) is 0 Å². The fraction of sp³-hybridized carbons (Fsp3) is 0.308. The minimum absolute atomic E-state index is 0.0589. The maximum Gasteiger partial charge on any atom is 0.251 e. The molecule has 1 aromatic carbocycles. The molecule has 0 bridgehead atoms. The van der Waals surface area contributed by atoms with Crippen LogP contribution in [0.3, 0.4) is 0 Å². The van der Waals surface area contributed by atoms with Crippen molar-refractivity contribution < 1.29 is 4.79 Å². The highest BCUT2D eigenvalue weighted by molar-refractivity contribution is 5.95. The predicted octanol–water partition coefficient (Wildman–Crippen LogP) is 1.05. The first-order valence-electron chi connectivity index (χ1n) is 5.26. The molecule has 0 unspecified atom stereocenters. The third-order valence-electron chi connectivity index (χ3n) is 2.15. The van der Waals surface area contributed by atoms with E-state index in [1.807, 2.05) is 26.0 Å². The number of amides is 1. The van der Waals surface area contributed by atoms with Gasteiger partial charge in [0, 0.05) is 17.7 Å². The molecule has 0 radical (unpaired) electrons. The number of carbonyl (C=O) groups excluding carboxylic acids is 1. The highest BCUT2D eigenvalue weighted by Gasteiger charge is 2.07. The van der Waals surface area contributed by atoms with Crippen molar-refractivity contribution in [1.29, 1.82) is 0 Å². The second-order valence-corrected chi connectivity index (χ2v) is 3.40. The Hall–Kier alpha value is -1.79. The molecule has 3 N–H and O–H groups in total. The Labute approximate surface area is 96.0 Å². The summed E-state index contributed by atoms with van der Waals surface area (Å²) in [7, 11) is 0. The molecule has 0 fully saturated rings. The summed E-state index contributed by atoms with van der Waals surface area (Å²) in [6.07, 6.45) is 0. The van der Waals surface area contributed by atoms with Gasteiger partial charge in [0.1, 0.15) is 0 Å². The lowest BCUT2D eigenvalue weighted by Crippen LogP contribution is -2.23. The number of nitrogens with one attached hydrogen (secondary N) is 1. The molecule has 1 amide bonds. The largest absolute Gasteiger partial charge is 0.352 e. The second kappa shape index (κ2) is 5.94. The average molecular weight is 216 g/mol. The van der Waals surface area contributed by atoms with E-state index in [1.165, 1.54) is 0 Å². The van der Waals surface area contributed by atoms with Crippen LogP contribution in [-0.4, -0.2) is 19.0 Å².